The first-order chi connectivity index (χ1) is 25.6. The standard InChI is InChI=1S/C38H50N6O9S/c1-6-22-19-38(22,35(47)43-54(49,50)25-13-14-25)42-32(45)29-18-24-20-44(29)34(46)31(37(2,3)4)41-36(48)53-30-16-21(30)10-8-7-9-11-27-33(52-24)40-28-17-23(51-5)12-15-26(28)39-27/h6,12,15,17,21-22,24-25,29-31H,1,7-11,13-14,16,18-20H2,2-5H3,(H,41,48)(H,42,45)(H,43,47)/p-1. The van der Waals surface area contributed by atoms with E-state index in [2.05, 4.69) is 21.6 Å². The number of aromatic nitrogens is 2. The van der Waals surface area contributed by atoms with Gasteiger partial charge in [-0.05, 0) is 68.4 Å². The maximum Gasteiger partial charge on any atom is 0.408 e. The Bertz CT molecular complexity index is 1980. The van der Waals surface area contributed by atoms with E-state index in [0.29, 0.717) is 41.7 Å². The van der Waals surface area contributed by atoms with Gasteiger partial charge in [-0.1, -0.05) is 39.7 Å². The van der Waals surface area contributed by atoms with E-state index in [-0.39, 0.29) is 37.3 Å². The number of nitrogens with one attached hydrogen (secondary N) is 2. The molecule has 292 valence electrons. The molecule has 3 amide bonds. The molecule has 15 nitrogen and oxygen atoms in total. The van der Waals surface area contributed by atoms with Gasteiger partial charge in [0.05, 0.1) is 35.5 Å². The van der Waals surface area contributed by atoms with Crippen LogP contribution in [0.1, 0.15) is 84.3 Å². The van der Waals surface area contributed by atoms with Crippen molar-refractivity contribution in [2.45, 2.75) is 120 Å². The summed E-state index contributed by atoms with van der Waals surface area (Å²) in [5, 5.41) is 18.3. The SMILES string of the molecule is C=CC1CC1(NC(=O)C1CC2CN1C(=O)C(C(C)(C)C)NC(=O)OC1CC1CCCCCc1nc3ccc(OC)cc3nc1O2)C([O-])=NS(=O)(=O)C1CC1. The molecule has 7 atom stereocenters. The maximum absolute atomic E-state index is 14.6. The molecule has 2 N–H and O–H groups in total. The number of carbonyl (C=O) groups is 3. The van der Waals surface area contributed by atoms with Crippen molar-refractivity contribution in [1.82, 2.24) is 25.5 Å². The van der Waals surface area contributed by atoms with Crippen LogP contribution in [0.3, 0.4) is 0 Å². The smallest absolute Gasteiger partial charge is 0.408 e. The summed E-state index contributed by atoms with van der Waals surface area (Å²) in [5.74, 6) is -1.59. The van der Waals surface area contributed by atoms with Crippen molar-refractivity contribution in [3.63, 3.8) is 0 Å². The molecule has 16 heteroatoms. The van der Waals surface area contributed by atoms with Crippen LogP contribution in [-0.2, 0) is 30.8 Å². The Morgan fingerprint density at radius 3 is 2.59 bits per heavy atom. The highest BCUT2D eigenvalue weighted by Crippen LogP contribution is 2.46. The van der Waals surface area contributed by atoms with Crippen molar-refractivity contribution in [3.05, 3.63) is 36.5 Å². The quantitative estimate of drug-likeness (QED) is 0.239. The van der Waals surface area contributed by atoms with Crippen LogP contribution in [0.15, 0.2) is 35.3 Å². The number of carbonyl (C=O) groups excluding carboxylic acids is 3. The molecule has 7 rings (SSSR count). The van der Waals surface area contributed by atoms with Gasteiger partial charge in [0.25, 0.3) is 10.0 Å². The molecule has 0 spiro atoms. The van der Waals surface area contributed by atoms with Crippen molar-refractivity contribution in [2.75, 3.05) is 13.7 Å². The third kappa shape index (κ3) is 7.85. The topological polar surface area (TPSA) is 202 Å². The van der Waals surface area contributed by atoms with Gasteiger partial charge in [0.1, 0.15) is 35.7 Å². The number of hydrogen-bond acceptors (Lipinski definition) is 11. The average molecular weight is 766 g/mol. The molecular formula is C38H49N6O9S-. The van der Waals surface area contributed by atoms with Crippen molar-refractivity contribution < 1.29 is 42.1 Å². The summed E-state index contributed by atoms with van der Waals surface area (Å²) in [4.78, 5) is 53.2. The second-order valence-electron chi connectivity index (χ2n) is 16.4. The number of rotatable bonds is 7. The van der Waals surface area contributed by atoms with Gasteiger partial charge < -0.3 is 34.9 Å². The number of hydrogen-bond donors (Lipinski definition) is 2. The van der Waals surface area contributed by atoms with Crippen molar-refractivity contribution in [2.24, 2.45) is 21.6 Å². The molecule has 5 aliphatic rings. The van der Waals surface area contributed by atoms with Gasteiger partial charge in [-0.2, -0.15) is 4.40 Å². The fourth-order valence-electron chi connectivity index (χ4n) is 7.58. The third-order valence-corrected chi connectivity index (χ3v) is 12.9. The molecule has 1 aromatic carbocycles. The lowest BCUT2D eigenvalue weighted by atomic mass is 9.85. The summed E-state index contributed by atoms with van der Waals surface area (Å²) in [6.07, 6.45) is 5.77. The lowest BCUT2D eigenvalue weighted by Crippen LogP contribution is -2.60. The molecule has 1 saturated heterocycles. The van der Waals surface area contributed by atoms with Crippen LogP contribution in [-0.4, -0.2) is 95.8 Å². The summed E-state index contributed by atoms with van der Waals surface area (Å²) < 4.78 is 46.6. The van der Waals surface area contributed by atoms with Crippen LogP contribution in [0.25, 0.3) is 11.0 Å². The fraction of sp³-hybridized carbons (Fsp3) is 0.632. The Morgan fingerprint density at radius 2 is 1.91 bits per heavy atom. The molecule has 3 aliphatic carbocycles. The number of alkyl carbamates (subject to hydrolysis) is 1. The van der Waals surface area contributed by atoms with E-state index < -0.39 is 74.1 Å². The summed E-state index contributed by atoms with van der Waals surface area (Å²) >= 11 is 0. The van der Waals surface area contributed by atoms with Crippen molar-refractivity contribution in [1.29, 1.82) is 0 Å². The first kappa shape index (κ1) is 37.8. The predicted molar refractivity (Wildman–Crippen MR) is 196 cm³/mol. The van der Waals surface area contributed by atoms with Crippen molar-refractivity contribution >= 4 is 44.9 Å². The Balaban J connectivity index is 1.23. The van der Waals surface area contributed by atoms with Crippen LogP contribution in [0.2, 0.25) is 0 Å². The van der Waals surface area contributed by atoms with E-state index in [1.807, 2.05) is 12.1 Å². The highest BCUT2D eigenvalue weighted by atomic mass is 32.2. The van der Waals surface area contributed by atoms with Crippen LogP contribution >= 0.6 is 0 Å². The second kappa shape index (κ2) is 14.3. The summed E-state index contributed by atoms with van der Waals surface area (Å²) in [5.41, 5.74) is -0.522. The van der Waals surface area contributed by atoms with Gasteiger partial charge in [-0.25, -0.2) is 23.2 Å². The van der Waals surface area contributed by atoms with Crippen LogP contribution < -0.4 is 25.2 Å². The maximum atomic E-state index is 14.6. The summed E-state index contributed by atoms with van der Waals surface area (Å²) in [7, 11) is -2.46. The van der Waals surface area contributed by atoms with E-state index in [1.165, 1.54) is 11.0 Å². The van der Waals surface area contributed by atoms with Gasteiger partial charge in [0.2, 0.25) is 17.7 Å². The number of fused-ring (bicyclic) bond motifs is 5. The predicted octanol–water partition coefficient (Wildman–Crippen LogP) is 2.94. The zero-order valence-electron chi connectivity index (χ0n) is 31.2. The second-order valence-corrected chi connectivity index (χ2v) is 18.3. The van der Waals surface area contributed by atoms with Gasteiger partial charge >= 0.3 is 6.09 Å². The van der Waals surface area contributed by atoms with E-state index in [9.17, 15) is 27.9 Å². The third-order valence-electron chi connectivity index (χ3n) is 11.2. The molecule has 54 heavy (non-hydrogen) atoms. The molecule has 2 aliphatic heterocycles. The number of nitrogens with zero attached hydrogens (tertiary/aromatic N) is 4. The zero-order valence-corrected chi connectivity index (χ0v) is 32.0. The highest BCUT2D eigenvalue weighted by Gasteiger charge is 2.57. The zero-order chi connectivity index (χ0) is 38.6. The van der Waals surface area contributed by atoms with Crippen LogP contribution in [0.4, 0.5) is 4.79 Å². The Morgan fingerprint density at radius 1 is 1.13 bits per heavy atom. The monoisotopic (exact) mass is 765 g/mol. The molecule has 4 fully saturated rings. The lowest BCUT2D eigenvalue weighted by molar-refractivity contribution is -0.222. The Hall–Kier alpha value is -4.47. The normalized spacial score (nSPS) is 30.7. The summed E-state index contributed by atoms with van der Waals surface area (Å²) in [6, 6.07) is 3.17. The Kier molecular flexibility index (Phi) is 10.0. The number of aryl methyl sites for hydroxylation is 1. The molecule has 1 aromatic heterocycles. The number of sulfonamides is 1. The molecule has 3 heterocycles. The number of benzene rings is 1. The molecule has 7 unspecified atom stereocenters. The van der Waals surface area contributed by atoms with Gasteiger partial charge in [0.15, 0.2) is 0 Å². The van der Waals surface area contributed by atoms with Crippen molar-refractivity contribution in [3.8, 4) is 11.6 Å². The van der Waals surface area contributed by atoms with Gasteiger partial charge in [-0.15, -0.1) is 6.58 Å². The number of ether oxygens (including phenoxy) is 3. The molecular weight excluding hydrogens is 717 g/mol. The lowest BCUT2D eigenvalue weighted by Gasteiger charge is -2.35. The van der Waals surface area contributed by atoms with Crippen LogP contribution in [0.5, 0.6) is 11.6 Å². The first-order valence-corrected chi connectivity index (χ1v) is 20.4. The molecule has 2 aromatic rings. The molecule has 0 radical (unpaired) electrons. The van der Waals surface area contributed by atoms with E-state index >= 15 is 0 Å². The number of methoxy groups -OCH3 is 1. The van der Waals surface area contributed by atoms with Crippen LogP contribution in [0, 0.1) is 17.3 Å². The number of amides is 3. The Labute approximate surface area is 315 Å². The largest absolute Gasteiger partial charge is 0.859 e. The first-order valence-electron chi connectivity index (χ1n) is 18.9. The van der Waals surface area contributed by atoms with E-state index in [4.69, 9.17) is 24.2 Å². The minimum atomic E-state index is -4.03. The summed E-state index contributed by atoms with van der Waals surface area (Å²) in [6.45, 7) is 9.14. The minimum absolute atomic E-state index is 0.0143. The van der Waals surface area contributed by atoms with Gasteiger partial charge in [0, 0.05) is 24.3 Å². The van der Waals surface area contributed by atoms with E-state index in [0.717, 1.165) is 32.1 Å². The minimum Gasteiger partial charge on any atom is -0.859 e. The van der Waals surface area contributed by atoms with Gasteiger partial charge in [-0.3, -0.25) is 9.59 Å². The molecule has 2 bridgehead atoms. The van der Waals surface area contributed by atoms with E-state index in [1.54, 1.807) is 33.9 Å². The fourth-order valence-corrected chi connectivity index (χ4v) is 8.85. The average Bonchev–Trinajstić information content (AvgIpc) is 4.04. The highest BCUT2D eigenvalue weighted by molar-refractivity contribution is 7.91. The molecule has 3 saturated carbocycles.